The Labute approximate surface area is 372 Å². The van der Waals surface area contributed by atoms with Crippen LogP contribution in [-0.4, -0.2) is 86.9 Å². The minimum absolute atomic E-state index is 0. The molecule has 0 atom stereocenters. The number of phenols is 1. The Hall–Kier alpha value is -1.85. The molecular formula is C23H16ClN8Na3O14S4. The van der Waals surface area contributed by atoms with Crippen LogP contribution in [-0.2, 0) is 44.7 Å². The van der Waals surface area contributed by atoms with Crippen molar-refractivity contribution >= 4 is 91.8 Å². The van der Waals surface area contributed by atoms with Gasteiger partial charge in [-0.05, 0) is 48.0 Å². The fourth-order valence-electron chi connectivity index (χ4n) is 4.09. The van der Waals surface area contributed by atoms with Crippen LogP contribution in [0.4, 0.5) is 29.0 Å². The van der Waals surface area contributed by atoms with Crippen molar-refractivity contribution in [1.29, 1.82) is 5.26 Å². The standard InChI is InChI=1S/C23H19ClN8O14S4.3Na/c1-45-16-5-2-11(47(34,35)7-6-46-50(42,43)44)8-15(16)31-32-18-17(48(36,37)38)9-13-12(19(18)33)3-4-14(20(13)49(39,40)41)27-23-29-21(24)28-22(30-23)26-10-25;;;/h2-5,8-9,33H,6-7H2,1H3,(H,36,37,38)(H,39,40,41)(H,42,43,44)(H2,26,27,28,29,30);;;/q;3*+1/p-3. The number of benzene rings is 3. The fourth-order valence-corrected chi connectivity index (χ4v) is 7.21. The molecular weight excluding hydrogens is 845 g/mol. The smallest absolute Gasteiger partial charge is 0.744 e. The van der Waals surface area contributed by atoms with Gasteiger partial charge in [0.2, 0.25) is 27.6 Å². The van der Waals surface area contributed by atoms with E-state index in [2.05, 4.69) is 40.0 Å². The molecule has 1 heterocycles. The van der Waals surface area contributed by atoms with Crippen LogP contribution in [0.5, 0.6) is 11.5 Å². The Bertz CT molecular complexity index is 2560. The second kappa shape index (κ2) is 19.3. The van der Waals surface area contributed by atoms with Crippen molar-refractivity contribution in [2.45, 2.75) is 14.7 Å². The van der Waals surface area contributed by atoms with E-state index in [4.69, 9.17) is 21.6 Å². The molecule has 0 radical (unpaired) electrons. The van der Waals surface area contributed by atoms with Crippen LogP contribution in [0, 0.1) is 11.5 Å². The van der Waals surface area contributed by atoms with Gasteiger partial charge in [-0.25, -0.2) is 33.7 Å². The minimum Gasteiger partial charge on any atom is -0.744 e. The third-order valence-electron chi connectivity index (χ3n) is 6.07. The van der Waals surface area contributed by atoms with Crippen molar-refractivity contribution in [1.82, 2.24) is 15.0 Å². The first-order valence-corrected chi connectivity index (χ1v) is 18.8. The number of sulfone groups is 1. The summed E-state index contributed by atoms with van der Waals surface area (Å²) in [7, 11) is -19.7. The Kier molecular flexibility index (Phi) is 17.9. The van der Waals surface area contributed by atoms with Crippen LogP contribution >= 0.6 is 11.6 Å². The number of nitrogens with one attached hydrogen (secondary N) is 2. The van der Waals surface area contributed by atoms with Gasteiger partial charge in [-0.3, -0.25) is 9.50 Å². The summed E-state index contributed by atoms with van der Waals surface area (Å²) >= 11 is 5.79. The molecule has 0 saturated carbocycles. The largest absolute Gasteiger partial charge is 1.00 e. The van der Waals surface area contributed by atoms with E-state index in [1.54, 1.807) is 0 Å². The van der Waals surface area contributed by atoms with E-state index in [0.717, 1.165) is 37.4 Å². The maximum absolute atomic E-state index is 12.7. The Morgan fingerprint density at radius 2 is 1.53 bits per heavy atom. The van der Waals surface area contributed by atoms with Crippen molar-refractivity contribution in [2.75, 3.05) is 30.1 Å². The summed E-state index contributed by atoms with van der Waals surface area (Å²) in [6.07, 6.45) is 1.51. The molecule has 0 bridgehead atoms. The van der Waals surface area contributed by atoms with Crippen LogP contribution in [0.3, 0.4) is 0 Å². The van der Waals surface area contributed by atoms with Gasteiger partial charge in [-0.15, -0.1) is 10.2 Å². The van der Waals surface area contributed by atoms with Crippen molar-refractivity contribution in [3.63, 3.8) is 0 Å². The molecule has 0 aliphatic carbocycles. The molecule has 0 spiro atoms. The fraction of sp³-hybridized carbons (Fsp3) is 0.130. The van der Waals surface area contributed by atoms with Gasteiger partial charge >= 0.3 is 88.7 Å². The summed E-state index contributed by atoms with van der Waals surface area (Å²) in [4.78, 5) is 7.94. The molecule has 266 valence electrons. The molecule has 0 unspecified atom stereocenters. The number of anilines is 3. The first kappa shape index (κ1) is 49.2. The summed E-state index contributed by atoms with van der Waals surface area (Å²) in [6, 6.07) is 5.23. The summed E-state index contributed by atoms with van der Waals surface area (Å²) in [5.41, 5.74) is -2.10. The predicted molar refractivity (Wildman–Crippen MR) is 164 cm³/mol. The number of aromatic hydroxyl groups is 1. The third-order valence-corrected chi connectivity index (χ3v) is 10.2. The molecule has 53 heavy (non-hydrogen) atoms. The number of ether oxygens (including phenoxy) is 1. The van der Waals surface area contributed by atoms with Gasteiger partial charge in [0.05, 0.1) is 39.8 Å². The van der Waals surface area contributed by atoms with E-state index in [9.17, 15) is 52.4 Å². The number of phenolic OH excluding ortho intramolecular Hbond substituents is 1. The molecule has 22 nitrogen and oxygen atoms in total. The van der Waals surface area contributed by atoms with Crippen LogP contribution in [0.25, 0.3) is 10.8 Å². The van der Waals surface area contributed by atoms with Crippen LogP contribution in [0.2, 0.25) is 5.28 Å². The van der Waals surface area contributed by atoms with Crippen molar-refractivity contribution < 1.29 is 150 Å². The van der Waals surface area contributed by atoms with E-state index in [0.29, 0.717) is 6.07 Å². The average Bonchev–Trinajstić information content (AvgIpc) is 2.98. The van der Waals surface area contributed by atoms with Crippen LogP contribution in [0.15, 0.2) is 61.3 Å². The first-order valence-electron chi connectivity index (χ1n) is 12.7. The molecule has 30 heteroatoms. The zero-order valence-electron chi connectivity index (χ0n) is 27.3. The van der Waals surface area contributed by atoms with Gasteiger partial charge in [0, 0.05) is 10.8 Å². The van der Waals surface area contributed by atoms with E-state index >= 15 is 0 Å². The van der Waals surface area contributed by atoms with Gasteiger partial charge in [0.25, 0.3) is 0 Å². The predicted octanol–water partition coefficient (Wildman–Crippen LogP) is -7.48. The van der Waals surface area contributed by atoms with Gasteiger partial charge in [0.15, 0.2) is 21.8 Å². The first-order chi connectivity index (χ1) is 23.1. The number of aromatic nitrogens is 3. The molecule has 4 rings (SSSR count). The minimum atomic E-state index is -5.66. The monoisotopic (exact) mass is 860 g/mol. The maximum atomic E-state index is 12.7. The normalized spacial score (nSPS) is 11.8. The van der Waals surface area contributed by atoms with Crippen LogP contribution in [0.1, 0.15) is 0 Å². The van der Waals surface area contributed by atoms with Gasteiger partial charge in [-0.1, -0.05) is 0 Å². The van der Waals surface area contributed by atoms with E-state index < -0.39 is 118 Å². The second-order valence-corrected chi connectivity index (χ2v) is 15.4. The van der Waals surface area contributed by atoms with Crippen molar-refractivity contribution in [2.24, 2.45) is 10.2 Å². The quantitative estimate of drug-likeness (QED) is 0.0281. The zero-order valence-corrected chi connectivity index (χ0v) is 37.3. The zero-order chi connectivity index (χ0) is 37.2. The summed E-state index contributed by atoms with van der Waals surface area (Å²) in [5, 5.41) is 29.8. The second-order valence-electron chi connectivity index (χ2n) is 9.21. The average molecular weight is 861 g/mol. The number of fused-ring (bicyclic) bond motifs is 1. The van der Waals surface area contributed by atoms with Crippen molar-refractivity contribution in [3.8, 4) is 17.7 Å². The Morgan fingerprint density at radius 3 is 2.09 bits per heavy atom. The number of rotatable bonds is 13. The number of hydrogen-bond acceptors (Lipinski definition) is 22. The number of nitrogens with zero attached hydrogens (tertiary/aromatic N) is 6. The van der Waals surface area contributed by atoms with Gasteiger partial charge in [-0.2, -0.15) is 20.2 Å². The molecule has 0 fully saturated rings. The van der Waals surface area contributed by atoms with E-state index in [1.165, 1.54) is 6.19 Å². The molecule has 0 aliphatic rings. The van der Waals surface area contributed by atoms with Gasteiger partial charge < -0.3 is 28.8 Å². The summed E-state index contributed by atoms with van der Waals surface area (Å²) < 4.78 is 141. The number of nitriles is 1. The number of methoxy groups -OCH3 is 1. The molecule has 0 saturated heterocycles. The molecule has 3 aromatic carbocycles. The number of azo groups is 1. The maximum Gasteiger partial charge on any atom is 1.00 e. The molecule has 0 aliphatic heterocycles. The summed E-state index contributed by atoms with van der Waals surface area (Å²) in [5.74, 6) is -3.22. The Balaban J connectivity index is 0.00000468. The van der Waals surface area contributed by atoms with Gasteiger partial charge in [0.1, 0.15) is 37.4 Å². The molecule has 0 amide bonds. The Morgan fingerprint density at radius 1 is 0.887 bits per heavy atom. The third kappa shape index (κ3) is 12.6. The van der Waals surface area contributed by atoms with E-state index in [1.807, 2.05) is 0 Å². The SMILES string of the molecule is COc1ccc(S(=O)(=O)CCOS(=O)(=O)[O-])cc1N=Nc1c(S(=O)(=O)[O-])cc2c(S(=O)(=O)[O-])c(Nc3nc(Cl)nc(NC#N)n3)ccc2c1O.[Na+].[Na+].[Na+]. The molecule has 3 N–H and O–H groups in total. The molecule has 4 aromatic rings. The summed E-state index contributed by atoms with van der Waals surface area (Å²) in [6.45, 7) is -1.03. The van der Waals surface area contributed by atoms with Crippen LogP contribution < -0.4 is 104 Å². The topological polar surface area (TPSA) is 356 Å². The number of halogens is 1. The number of hydrogen-bond donors (Lipinski definition) is 3. The van der Waals surface area contributed by atoms with E-state index in [-0.39, 0.29) is 94.4 Å². The molecule has 1 aromatic heterocycles. The van der Waals surface area contributed by atoms with Crippen molar-refractivity contribution in [3.05, 3.63) is 41.7 Å².